The average molecular weight is 499 g/mol. The summed E-state index contributed by atoms with van der Waals surface area (Å²) >= 11 is 0. The highest BCUT2D eigenvalue weighted by Gasteiger charge is 2.21. The summed E-state index contributed by atoms with van der Waals surface area (Å²) in [6.45, 7) is 4.02. The Hall–Kier alpha value is -3.65. The first-order valence-electron chi connectivity index (χ1n) is 11.3. The predicted molar refractivity (Wildman–Crippen MR) is 138 cm³/mol. The van der Waals surface area contributed by atoms with E-state index in [2.05, 4.69) is 0 Å². The van der Waals surface area contributed by atoms with E-state index in [1.807, 2.05) is 29.8 Å². The number of ketones is 1. The molecule has 3 aromatic rings. The molecule has 9 heteroatoms. The number of hydrogen-bond donors (Lipinski definition) is 2. The lowest BCUT2D eigenvalue weighted by molar-refractivity contribution is -0.143. The Bertz CT molecular complexity index is 1230. The first-order valence-corrected chi connectivity index (χ1v) is 11.3. The number of aromatic nitrogens is 1. The number of likely N-dealkylation sites (N-methyl/N-ethyl adjacent to an activating group) is 1. The standard InChI is InChI=1S/C26H30N4O4.ClH/c1-4-30(16-24(32)34-5-2)26(33)19-11-12-22-20(14-19)21(15-29(22)3)23(31)13-8-17-6-9-18(10-7-17)25(27)28;/h6-7,9-12,14-15H,4-5,8,13,16H2,1-3H3,(H3,27,28);1H. The molecule has 0 saturated heterocycles. The summed E-state index contributed by atoms with van der Waals surface area (Å²) in [7, 11) is 1.86. The predicted octanol–water partition coefficient (Wildman–Crippen LogP) is 3.72. The number of nitrogens with two attached hydrogens (primary N) is 1. The number of carbonyl (C=O) groups is 3. The number of nitrogen functional groups attached to an aromatic ring is 1. The lowest BCUT2D eigenvalue weighted by Crippen LogP contribution is -2.36. The zero-order valence-corrected chi connectivity index (χ0v) is 21.0. The van der Waals surface area contributed by atoms with Gasteiger partial charge < -0.3 is 19.9 Å². The Balaban J connectivity index is 0.00000432. The number of halogens is 1. The molecule has 35 heavy (non-hydrogen) atoms. The van der Waals surface area contributed by atoms with Crippen LogP contribution in [0.2, 0.25) is 0 Å². The summed E-state index contributed by atoms with van der Waals surface area (Å²) in [5.74, 6) is -0.756. The number of esters is 1. The van der Waals surface area contributed by atoms with Crippen molar-refractivity contribution in [3.8, 4) is 0 Å². The van der Waals surface area contributed by atoms with Crippen molar-refractivity contribution in [2.24, 2.45) is 12.8 Å². The molecule has 0 bridgehead atoms. The topological polar surface area (TPSA) is 118 Å². The van der Waals surface area contributed by atoms with E-state index in [1.54, 1.807) is 44.3 Å². The molecule has 0 radical (unpaired) electrons. The van der Waals surface area contributed by atoms with Gasteiger partial charge in [-0.2, -0.15) is 0 Å². The monoisotopic (exact) mass is 498 g/mol. The second kappa shape index (κ2) is 12.2. The lowest BCUT2D eigenvalue weighted by atomic mass is 10.0. The molecule has 1 heterocycles. The molecule has 0 saturated carbocycles. The fraction of sp³-hybridized carbons (Fsp3) is 0.308. The average Bonchev–Trinajstić information content (AvgIpc) is 3.16. The summed E-state index contributed by atoms with van der Waals surface area (Å²) in [6.07, 6.45) is 2.64. The minimum absolute atomic E-state index is 0. The first-order chi connectivity index (χ1) is 16.2. The van der Waals surface area contributed by atoms with Crippen molar-refractivity contribution in [3.63, 3.8) is 0 Å². The maximum absolute atomic E-state index is 13.1. The fourth-order valence-electron chi connectivity index (χ4n) is 3.86. The minimum Gasteiger partial charge on any atom is -0.465 e. The minimum atomic E-state index is -0.453. The Morgan fingerprint density at radius 3 is 2.31 bits per heavy atom. The van der Waals surface area contributed by atoms with E-state index in [-0.39, 0.29) is 43.1 Å². The molecule has 0 spiro atoms. The van der Waals surface area contributed by atoms with Gasteiger partial charge in [-0.1, -0.05) is 24.3 Å². The molecule has 0 fully saturated rings. The van der Waals surface area contributed by atoms with Crippen LogP contribution in [0.4, 0.5) is 0 Å². The molecule has 0 aliphatic carbocycles. The third-order valence-electron chi connectivity index (χ3n) is 5.74. The summed E-state index contributed by atoms with van der Waals surface area (Å²) in [4.78, 5) is 39.4. The molecule has 1 amide bonds. The first kappa shape index (κ1) is 27.6. The Morgan fingerprint density at radius 1 is 1.06 bits per heavy atom. The molecule has 0 aliphatic rings. The van der Waals surface area contributed by atoms with Gasteiger partial charge in [0.1, 0.15) is 12.4 Å². The highest BCUT2D eigenvalue weighted by molar-refractivity contribution is 6.10. The van der Waals surface area contributed by atoms with Crippen LogP contribution < -0.4 is 5.73 Å². The van der Waals surface area contributed by atoms with Gasteiger partial charge in [0.25, 0.3) is 5.91 Å². The van der Waals surface area contributed by atoms with Gasteiger partial charge in [0.05, 0.1) is 6.61 Å². The number of carbonyl (C=O) groups excluding carboxylic acids is 3. The number of nitrogens with one attached hydrogen (secondary N) is 1. The quantitative estimate of drug-likeness (QED) is 0.191. The number of aryl methyl sites for hydroxylation is 2. The molecule has 3 N–H and O–H groups in total. The second-order valence-corrected chi connectivity index (χ2v) is 8.04. The molecule has 0 unspecified atom stereocenters. The largest absolute Gasteiger partial charge is 0.465 e. The van der Waals surface area contributed by atoms with E-state index in [0.29, 0.717) is 41.5 Å². The van der Waals surface area contributed by atoms with E-state index in [0.717, 1.165) is 11.1 Å². The number of ether oxygens (including phenoxy) is 1. The van der Waals surface area contributed by atoms with Crippen LogP contribution in [-0.2, 0) is 23.0 Å². The normalized spacial score (nSPS) is 10.5. The number of amidine groups is 1. The van der Waals surface area contributed by atoms with Gasteiger partial charge in [0.2, 0.25) is 0 Å². The van der Waals surface area contributed by atoms with Crippen molar-refractivity contribution >= 4 is 46.8 Å². The van der Waals surface area contributed by atoms with Gasteiger partial charge in [-0.25, -0.2) is 0 Å². The van der Waals surface area contributed by atoms with Crippen molar-refractivity contribution in [2.45, 2.75) is 26.7 Å². The molecular weight excluding hydrogens is 468 g/mol. The van der Waals surface area contributed by atoms with Crippen LogP contribution in [0.25, 0.3) is 10.9 Å². The van der Waals surface area contributed by atoms with Crippen molar-refractivity contribution < 1.29 is 19.1 Å². The number of Topliss-reactive ketones (excluding diaryl/α,β-unsaturated/α-hetero) is 1. The summed E-state index contributed by atoms with van der Waals surface area (Å²) in [5.41, 5.74) is 8.93. The fourth-order valence-corrected chi connectivity index (χ4v) is 3.86. The molecule has 186 valence electrons. The van der Waals surface area contributed by atoms with E-state index < -0.39 is 5.97 Å². The van der Waals surface area contributed by atoms with Gasteiger partial charge in [-0.05, 0) is 44.0 Å². The number of hydrogen-bond acceptors (Lipinski definition) is 5. The number of amides is 1. The van der Waals surface area contributed by atoms with Crippen LogP contribution in [0.15, 0.2) is 48.7 Å². The summed E-state index contributed by atoms with van der Waals surface area (Å²) < 4.78 is 6.84. The second-order valence-electron chi connectivity index (χ2n) is 8.04. The summed E-state index contributed by atoms with van der Waals surface area (Å²) in [5, 5.41) is 8.18. The van der Waals surface area contributed by atoms with Crippen molar-refractivity contribution in [1.82, 2.24) is 9.47 Å². The molecular formula is C26H31ClN4O4. The number of nitrogens with zero attached hydrogens (tertiary/aromatic N) is 2. The molecule has 8 nitrogen and oxygen atoms in total. The van der Waals surface area contributed by atoms with E-state index in [1.165, 1.54) is 4.90 Å². The van der Waals surface area contributed by atoms with Gasteiger partial charge in [0, 0.05) is 53.8 Å². The van der Waals surface area contributed by atoms with Crippen LogP contribution in [0.1, 0.15) is 52.1 Å². The Kier molecular flexibility index (Phi) is 9.59. The molecule has 0 aliphatic heterocycles. The Morgan fingerprint density at radius 2 is 1.71 bits per heavy atom. The van der Waals surface area contributed by atoms with Crippen molar-refractivity contribution in [3.05, 3.63) is 70.9 Å². The third kappa shape index (κ3) is 6.48. The zero-order chi connectivity index (χ0) is 24.8. The van der Waals surface area contributed by atoms with Crippen molar-refractivity contribution in [1.29, 1.82) is 5.41 Å². The van der Waals surface area contributed by atoms with Crippen molar-refractivity contribution in [2.75, 3.05) is 19.7 Å². The van der Waals surface area contributed by atoms with Gasteiger partial charge >= 0.3 is 5.97 Å². The van der Waals surface area contributed by atoms with Crippen LogP contribution >= 0.6 is 12.4 Å². The highest BCUT2D eigenvalue weighted by atomic mass is 35.5. The van der Waals surface area contributed by atoms with Crippen LogP contribution in [-0.4, -0.2) is 52.7 Å². The zero-order valence-electron chi connectivity index (χ0n) is 20.2. The van der Waals surface area contributed by atoms with Crippen LogP contribution in [0.5, 0.6) is 0 Å². The maximum Gasteiger partial charge on any atom is 0.325 e. The van der Waals surface area contributed by atoms with E-state index in [9.17, 15) is 14.4 Å². The molecule has 0 atom stereocenters. The number of rotatable bonds is 10. The van der Waals surface area contributed by atoms with Gasteiger partial charge in [0.15, 0.2) is 5.78 Å². The number of fused-ring (bicyclic) bond motifs is 1. The molecule has 1 aromatic heterocycles. The SMILES string of the molecule is CCOC(=O)CN(CC)C(=O)c1ccc2c(c1)c(C(=O)CCc1ccc(C(=N)N)cc1)cn2C.Cl. The molecule has 2 aromatic carbocycles. The Labute approximate surface area is 211 Å². The lowest BCUT2D eigenvalue weighted by Gasteiger charge is -2.20. The van der Waals surface area contributed by atoms with Gasteiger partial charge in [-0.3, -0.25) is 19.8 Å². The van der Waals surface area contributed by atoms with E-state index >= 15 is 0 Å². The highest BCUT2D eigenvalue weighted by Crippen LogP contribution is 2.25. The van der Waals surface area contributed by atoms with Gasteiger partial charge in [-0.15, -0.1) is 12.4 Å². The molecule has 3 rings (SSSR count). The van der Waals surface area contributed by atoms with Crippen LogP contribution in [0, 0.1) is 5.41 Å². The number of benzene rings is 2. The third-order valence-corrected chi connectivity index (χ3v) is 5.74. The summed E-state index contributed by atoms with van der Waals surface area (Å²) in [6, 6.07) is 12.5. The van der Waals surface area contributed by atoms with E-state index in [4.69, 9.17) is 15.9 Å². The maximum atomic E-state index is 13.1. The van der Waals surface area contributed by atoms with Crippen LogP contribution in [0.3, 0.4) is 0 Å². The smallest absolute Gasteiger partial charge is 0.325 e.